The van der Waals surface area contributed by atoms with Crippen LogP contribution < -0.4 is 4.74 Å². The Kier molecular flexibility index (Phi) is 6.49. The van der Waals surface area contributed by atoms with Crippen molar-refractivity contribution in [1.82, 2.24) is 4.90 Å². The zero-order chi connectivity index (χ0) is 15.0. The van der Waals surface area contributed by atoms with Crippen molar-refractivity contribution in [3.05, 3.63) is 30.1 Å². The minimum atomic E-state index is -0.903. The highest BCUT2D eigenvalue weighted by molar-refractivity contribution is 5.76. The second-order valence-electron chi connectivity index (χ2n) is 4.36. The number of rotatable bonds is 8. The first kappa shape index (κ1) is 15.9. The minimum absolute atomic E-state index is 0.00827. The van der Waals surface area contributed by atoms with E-state index in [4.69, 9.17) is 9.84 Å². The van der Waals surface area contributed by atoms with Crippen molar-refractivity contribution < 1.29 is 23.8 Å². The first-order valence-corrected chi connectivity index (χ1v) is 6.33. The third kappa shape index (κ3) is 6.17. The number of hydrogen-bond donors (Lipinski definition) is 1. The summed E-state index contributed by atoms with van der Waals surface area (Å²) in [4.78, 5) is 23.5. The van der Waals surface area contributed by atoms with Crippen LogP contribution in [0.15, 0.2) is 24.3 Å². The summed E-state index contributed by atoms with van der Waals surface area (Å²) in [6, 6.07) is 5.64. The average Bonchev–Trinajstić information content (AvgIpc) is 2.40. The Morgan fingerprint density at radius 2 is 1.90 bits per heavy atom. The van der Waals surface area contributed by atoms with Crippen LogP contribution in [0.25, 0.3) is 0 Å². The number of carboxylic acid groups (broad SMARTS) is 1. The SMILES string of the molecule is CN(CCOc1ccc(F)cc1)C(=O)CCCC(=O)O. The number of carbonyl (C=O) groups excluding carboxylic acids is 1. The number of amides is 1. The molecule has 1 aromatic rings. The van der Waals surface area contributed by atoms with Crippen molar-refractivity contribution in [3.63, 3.8) is 0 Å². The molecule has 0 aromatic heterocycles. The van der Waals surface area contributed by atoms with Gasteiger partial charge < -0.3 is 14.7 Å². The fourth-order valence-corrected chi connectivity index (χ4v) is 1.54. The Hall–Kier alpha value is -2.11. The van der Waals surface area contributed by atoms with Crippen molar-refractivity contribution in [3.8, 4) is 5.75 Å². The van der Waals surface area contributed by atoms with Crippen LogP contribution in [-0.2, 0) is 9.59 Å². The van der Waals surface area contributed by atoms with Gasteiger partial charge in [0.1, 0.15) is 18.2 Å². The van der Waals surface area contributed by atoms with E-state index in [0.29, 0.717) is 25.3 Å². The van der Waals surface area contributed by atoms with Crippen LogP contribution in [0.1, 0.15) is 19.3 Å². The zero-order valence-electron chi connectivity index (χ0n) is 11.3. The molecule has 0 aliphatic rings. The summed E-state index contributed by atoms with van der Waals surface area (Å²) in [6.45, 7) is 0.691. The quantitative estimate of drug-likeness (QED) is 0.791. The minimum Gasteiger partial charge on any atom is -0.492 e. The number of halogens is 1. The van der Waals surface area contributed by atoms with Gasteiger partial charge in [-0.05, 0) is 30.7 Å². The molecule has 1 amide bonds. The lowest BCUT2D eigenvalue weighted by Gasteiger charge is -2.17. The smallest absolute Gasteiger partial charge is 0.303 e. The molecule has 0 saturated heterocycles. The first-order chi connectivity index (χ1) is 9.49. The molecule has 0 bridgehead atoms. The van der Waals surface area contributed by atoms with Gasteiger partial charge >= 0.3 is 5.97 Å². The first-order valence-electron chi connectivity index (χ1n) is 6.33. The highest BCUT2D eigenvalue weighted by Crippen LogP contribution is 2.10. The van der Waals surface area contributed by atoms with Crippen LogP contribution in [-0.4, -0.2) is 42.1 Å². The maximum Gasteiger partial charge on any atom is 0.303 e. The van der Waals surface area contributed by atoms with E-state index in [1.165, 1.54) is 29.2 Å². The topological polar surface area (TPSA) is 66.8 Å². The van der Waals surface area contributed by atoms with E-state index in [2.05, 4.69) is 0 Å². The van der Waals surface area contributed by atoms with Crippen LogP contribution in [0, 0.1) is 5.82 Å². The number of likely N-dealkylation sites (N-methyl/N-ethyl adjacent to an activating group) is 1. The molecule has 1 aromatic carbocycles. The second-order valence-corrected chi connectivity index (χ2v) is 4.36. The van der Waals surface area contributed by atoms with Gasteiger partial charge in [-0.3, -0.25) is 9.59 Å². The van der Waals surface area contributed by atoms with E-state index in [9.17, 15) is 14.0 Å². The number of carboxylic acids is 1. The predicted molar refractivity (Wildman–Crippen MR) is 71.0 cm³/mol. The standard InChI is InChI=1S/C14H18FNO4/c1-16(13(17)3-2-4-14(18)19)9-10-20-12-7-5-11(15)6-8-12/h5-8H,2-4,9-10H2,1H3,(H,18,19). The number of aliphatic carboxylic acids is 1. The van der Waals surface area contributed by atoms with Crippen LogP contribution in [0.3, 0.4) is 0 Å². The van der Waals surface area contributed by atoms with Gasteiger partial charge in [-0.25, -0.2) is 4.39 Å². The number of nitrogens with zero attached hydrogens (tertiary/aromatic N) is 1. The number of carbonyl (C=O) groups is 2. The zero-order valence-corrected chi connectivity index (χ0v) is 11.3. The van der Waals surface area contributed by atoms with Crippen LogP contribution >= 0.6 is 0 Å². The molecule has 1 N–H and O–H groups in total. The monoisotopic (exact) mass is 283 g/mol. The molecule has 0 fully saturated rings. The fraction of sp³-hybridized carbons (Fsp3) is 0.429. The van der Waals surface area contributed by atoms with Gasteiger partial charge in [-0.1, -0.05) is 0 Å². The van der Waals surface area contributed by atoms with Gasteiger partial charge in [-0.2, -0.15) is 0 Å². The molecular weight excluding hydrogens is 265 g/mol. The number of hydrogen-bond acceptors (Lipinski definition) is 3. The normalized spacial score (nSPS) is 10.1. The molecular formula is C14H18FNO4. The van der Waals surface area contributed by atoms with Crippen molar-refractivity contribution >= 4 is 11.9 Å². The van der Waals surface area contributed by atoms with E-state index in [1.54, 1.807) is 7.05 Å². The van der Waals surface area contributed by atoms with Crippen molar-refractivity contribution in [2.24, 2.45) is 0 Å². The van der Waals surface area contributed by atoms with E-state index in [1.807, 2.05) is 0 Å². The predicted octanol–water partition coefficient (Wildman–Crippen LogP) is 1.92. The molecule has 0 radical (unpaired) electrons. The molecule has 5 nitrogen and oxygen atoms in total. The Bertz CT molecular complexity index is 447. The summed E-state index contributed by atoms with van der Waals surface area (Å²) in [5.41, 5.74) is 0. The molecule has 6 heteroatoms. The molecule has 110 valence electrons. The third-order valence-corrected chi connectivity index (χ3v) is 2.72. The van der Waals surface area contributed by atoms with E-state index >= 15 is 0 Å². The number of benzene rings is 1. The maximum absolute atomic E-state index is 12.7. The largest absolute Gasteiger partial charge is 0.492 e. The Labute approximate surface area is 117 Å². The summed E-state index contributed by atoms with van der Waals surface area (Å²) in [5.74, 6) is -0.810. The third-order valence-electron chi connectivity index (χ3n) is 2.72. The van der Waals surface area contributed by atoms with Crippen LogP contribution in [0.2, 0.25) is 0 Å². The van der Waals surface area contributed by atoms with Crippen molar-refractivity contribution in [2.45, 2.75) is 19.3 Å². The van der Waals surface area contributed by atoms with Gasteiger partial charge in [0.05, 0.1) is 6.54 Å². The average molecular weight is 283 g/mol. The lowest BCUT2D eigenvalue weighted by atomic mass is 10.2. The molecule has 0 atom stereocenters. The molecule has 1 rings (SSSR count). The van der Waals surface area contributed by atoms with Gasteiger partial charge in [0, 0.05) is 19.9 Å². The Balaban J connectivity index is 2.21. The molecule has 0 spiro atoms. The van der Waals surface area contributed by atoms with E-state index in [-0.39, 0.29) is 24.6 Å². The molecule has 0 saturated carbocycles. The summed E-state index contributed by atoms with van der Waals surface area (Å²) in [6.07, 6.45) is 0.530. The maximum atomic E-state index is 12.7. The lowest BCUT2D eigenvalue weighted by molar-refractivity contribution is -0.137. The summed E-state index contributed by atoms with van der Waals surface area (Å²) < 4.78 is 18.0. The van der Waals surface area contributed by atoms with E-state index in [0.717, 1.165) is 0 Å². The van der Waals surface area contributed by atoms with Gasteiger partial charge in [0.25, 0.3) is 0 Å². The molecule has 0 aliphatic carbocycles. The summed E-state index contributed by atoms with van der Waals surface area (Å²) in [5, 5.41) is 8.48. The molecule has 0 aliphatic heterocycles. The molecule has 0 heterocycles. The van der Waals surface area contributed by atoms with E-state index < -0.39 is 5.97 Å². The lowest BCUT2D eigenvalue weighted by Crippen LogP contribution is -2.30. The Morgan fingerprint density at radius 3 is 2.50 bits per heavy atom. The van der Waals surface area contributed by atoms with Crippen LogP contribution in [0.4, 0.5) is 4.39 Å². The van der Waals surface area contributed by atoms with Gasteiger partial charge in [-0.15, -0.1) is 0 Å². The summed E-state index contributed by atoms with van der Waals surface area (Å²) in [7, 11) is 1.64. The number of ether oxygens (including phenoxy) is 1. The van der Waals surface area contributed by atoms with Gasteiger partial charge in [0.2, 0.25) is 5.91 Å². The van der Waals surface area contributed by atoms with Crippen molar-refractivity contribution in [1.29, 1.82) is 0 Å². The second kappa shape index (κ2) is 8.14. The summed E-state index contributed by atoms with van der Waals surface area (Å²) >= 11 is 0. The van der Waals surface area contributed by atoms with Gasteiger partial charge in [0.15, 0.2) is 0 Å². The highest BCUT2D eigenvalue weighted by atomic mass is 19.1. The molecule has 20 heavy (non-hydrogen) atoms. The van der Waals surface area contributed by atoms with Crippen LogP contribution in [0.5, 0.6) is 5.75 Å². The van der Waals surface area contributed by atoms with Crippen molar-refractivity contribution in [2.75, 3.05) is 20.2 Å². The highest BCUT2D eigenvalue weighted by Gasteiger charge is 2.09. The fourth-order valence-electron chi connectivity index (χ4n) is 1.54. The molecule has 0 unspecified atom stereocenters. The Morgan fingerprint density at radius 1 is 1.25 bits per heavy atom.